The van der Waals surface area contributed by atoms with Crippen LogP contribution in [0.5, 0.6) is 11.5 Å². The molecule has 7 nitrogen and oxygen atoms in total. The second-order valence-electron chi connectivity index (χ2n) is 6.44. The molecule has 2 N–H and O–H groups in total. The number of hydrogen-bond donors (Lipinski definition) is 2. The summed E-state index contributed by atoms with van der Waals surface area (Å²) in [6, 6.07) is 15.0. The fourth-order valence-corrected chi connectivity index (χ4v) is 3.46. The van der Waals surface area contributed by atoms with Gasteiger partial charge in [0.25, 0.3) is 11.8 Å². The zero-order valence-corrected chi connectivity index (χ0v) is 17.6. The lowest BCUT2D eigenvalue weighted by molar-refractivity contribution is 0.0947. The summed E-state index contributed by atoms with van der Waals surface area (Å²) in [6.07, 6.45) is 1.73. The molecule has 3 rings (SSSR count). The molecule has 30 heavy (non-hydrogen) atoms. The minimum Gasteiger partial charge on any atom is -0.497 e. The van der Waals surface area contributed by atoms with E-state index in [-0.39, 0.29) is 17.5 Å². The number of nitrogens with zero attached hydrogens (tertiary/aromatic N) is 1. The van der Waals surface area contributed by atoms with Gasteiger partial charge in [0.2, 0.25) is 0 Å². The summed E-state index contributed by atoms with van der Waals surface area (Å²) in [6.45, 7) is 0.552. The predicted molar refractivity (Wildman–Crippen MR) is 117 cm³/mol. The summed E-state index contributed by atoms with van der Waals surface area (Å²) < 4.78 is 10.4. The van der Waals surface area contributed by atoms with Crippen molar-refractivity contribution >= 4 is 28.3 Å². The van der Waals surface area contributed by atoms with E-state index in [1.54, 1.807) is 23.6 Å². The van der Waals surface area contributed by atoms with Gasteiger partial charge in [0.05, 0.1) is 14.2 Å². The lowest BCUT2D eigenvalue weighted by atomic mass is 10.1. The fraction of sp³-hybridized carbons (Fsp3) is 0.227. The van der Waals surface area contributed by atoms with Gasteiger partial charge in [-0.25, -0.2) is 4.98 Å². The van der Waals surface area contributed by atoms with Crippen molar-refractivity contribution in [3.8, 4) is 11.5 Å². The SMILES string of the molecule is COc1cc(OC)cc(C(=O)Nc2nc(C(=O)NCCCc3ccccc3)cs2)c1. The highest BCUT2D eigenvalue weighted by atomic mass is 32.1. The van der Waals surface area contributed by atoms with E-state index in [4.69, 9.17) is 9.47 Å². The lowest BCUT2D eigenvalue weighted by Gasteiger charge is -2.08. The Kier molecular flexibility index (Phi) is 7.40. The molecule has 0 spiro atoms. The maximum Gasteiger partial charge on any atom is 0.270 e. The molecule has 1 aromatic heterocycles. The summed E-state index contributed by atoms with van der Waals surface area (Å²) in [5.74, 6) is 0.391. The highest BCUT2D eigenvalue weighted by Crippen LogP contribution is 2.24. The number of amides is 2. The van der Waals surface area contributed by atoms with Gasteiger partial charge in [-0.05, 0) is 30.5 Å². The highest BCUT2D eigenvalue weighted by Gasteiger charge is 2.14. The Morgan fingerprint density at radius 3 is 2.37 bits per heavy atom. The average Bonchev–Trinajstić information content (AvgIpc) is 3.25. The normalized spacial score (nSPS) is 10.3. The van der Waals surface area contributed by atoms with Gasteiger partial charge in [-0.1, -0.05) is 30.3 Å². The topological polar surface area (TPSA) is 89.6 Å². The van der Waals surface area contributed by atoms with E-state index >= 15 is 0 Å². The first kappa shape index (κ1) is 21.3. The Morgan fingerprint density at radius 2 is 1.70 bits per heavy atom. The number of benzene rings is 2. The van der Waals surface area contributed by atoms with Crippen LogP contribution in [0.2, 0.25) is 0 Å². The van der Waals surface area contributed by atoms with Crippen molar-refractivity contribution in [1.82, 2.24) is 10.3 Å². The van der Waals surface area contributed by atoms with Gasteiger partial charge in [0.1, 0.15) is 17.2 Å². The number of hydrogen-bond acceptors (Lipinski definition) is 6. The van der Waals surface area contributed by atoms with Crippen LogP contribution in [0.4, 0.5) is 5.13 Å². The van der Waals surface area contributed by atoms with Crippen molar-refractivity contribution in [2.75, 3.05) is 26.1 Å². The number of ether oxygens (including phenoxy) is 2. The second-order valence-corrected chi connectivity index (χ2v) is 7.30. The number of rotatable bonds is 9. The quantitative estimate of drug-likeness (QED) is 0.510. The van der Waals surface area contributed by atoms with Gasteiger partial charge in [-0.2, -0.15) is 0 Å². The first-order valence-electron chi connectivity index (χ1n) is 9.41. The molecule has 1 heterocycles. The Balaban J connectivity index is 1.53. The molecule has 8 heteroatoms. The van der Waals surface area contributed by atoms with Crippen LogP contribution in [0.25, 0.3) is 0 Å². The highest BCUT2D eigenvalue weighted by molar-refractivity contribution is 7.14. The van der Waals surface area contributed by atoms with Crippen molar-refractivity contribution in [2.45, 2.75) is 12.8 Å². The monoisotopic (exact) mass is 425 g/mol. The van der Waals surface area contributed by atoms with Crippen molar-refractivity contribution in [3.63, 3.8) is 0 Å². The van der Waals surface area contributed by atoms with Gasteiger partial charge in [0.15, 0.2) is 5.13 Å². The summed E-state index contributed by atoms with van der Waals surface area (Å²) in [7, 11) is 3.03. The van der Waals surface area contributed by atoms with Gasteiger partial charge < -0.3 is 14.8 Å². The molecule has 3 aromatic rings. The molecule has 0 atom stereocenters. The predicted octanol–water partition coefficient (Wildman–Crippen LogP) is 3.78. The van der Waals surface area contributed by atoms with Crippen molar-refractivity contribution in [3.05, 3.63) is 70.7 Å². The van der Waals surface area contributed by atoms with Crippen molar-refractivity contribution < 1.29 is 19.1 Å². The molecule has 0 aliphatic rings. The molecule has 0 unspecified atom stereocenters. The van der Waals surface area contributed by atoms with Gasteiger partial charge in [0, 0.05) is 23.6 Å². The maximum atomic E-state index is 12.5. The first-order valence-corrected chi connectivity index (χ1v) is 10.3. The number of carbonyl (C=O) groups is 2. The molecular formula is C22H23N3O4S. The van der Waals surface area contributed by atoms with E-state index in [0.29, 0.717) is 28.7 Å². The van der Waals surface area contributed by atoms with E-state index in [0.717, 1.165) is 12.8 Å². The summed E-state index contributed by atoms with van der Waals surface area (Å²) in [5, 5.41) is 7.52. The smallest absolute Gasteiger partial charge is 0.270 e. The Hall–Kier alpha value is -3.39. The molecule has 0 saturated carbocycles. The molecule has 0 saturated heterocycles. The largest absolute Gasteiger partial charge is 0.497 e. The van der Waals surface area contributed by atoms with E-state index in [1.807, 2.05) is 18.2 Å². The van der Waals surface area contributed by atoms with Crippen LogP contribution >= 0.6 is 11.3 Å². The molecule has 0 fully saturated rings. The van der Waals surface area contributed by atoms with Crippen molar-refractivity contribution in [2.24, 2.45) is 0 Å². The number of aryl methyl sites for hydroxylation is 1. The molecule has 156 valence electrons. The number of nitrogens with one attached hydrogen (secondary N) is 2. The first-order chi connectivity index (χ1) is 14.6. The van der Waals surface area contributed by atoms with Crippen LogP contribution in [0.3, 0.4) is 0 Å². The van der Waals surface area contributed by atoms with Crippen LogP contribution < -0.4 is 20.1 Å². The summed E-state index contributed by atoms with van der Waals surface area (Å²) in [5.41, 5.74) is 1.88. The average molecular weight is 426 g/mol. The van der Waals surface area contributed by atoms with Gasteiger partial charge in [-0.15, -0.1) is 11.3 Å². The molecule has 0 radical (unpaired) electrons. The van der Waals surface area contributed by atoms with E-state index in [2.05, 4.69) is 27.8 Å². The summed E-state index contributed by atoms with van der Waals surface area (Å²) >= 11 is 1.19. The molecule has 2 amide bonds. The lowest BCUT2D eigenvalue weighted by Crippen LogP contribution is -2.25. The minimum absolute atomic E-state index is 0.261. The second kappa shape index (κ2) is 10.4. The number of methoxy groups -OCH3 is 2. The Morgan fingerprint density at radius 1 is 1.00 bits per heavy atom. The third-order valence-corrected chi connectivity index (χ3v) is 5.10. The number of anilines is 1. The molecular weight excluding hydrogens is 402 g/mol. The van der Waals surface area contributed by atoms with Crippen molar-refractivity contribution in [1.29, 1.82) is 0 Å². The maximum absolute atomic E-state index is 12.5. The Labute approximate surface area is 179 Å². The Bertz CT molecular complexity index is 982. The zero-order valence-electron chi connectivity index (χ0n) is 16.8. The van der Waals surface area contributed by atoms with Crippen LogP contribution in [-0.4, -0.2) is 37.6 Å². The molecule has 0 bridgehead atoms. The van der Waals surface area contributed by atoms with E-state index in [9.17, 15) is 9.59 Å². The molecule has 2 aromatic carbocycles. The fourth-order valence-electron chi connectivity index (χ4n) is 2.77. The van der Waals surface area contributed by atoms with E-state index in [1.165, 1.54) is 31.1 Å². The minimum atomic E-state index is -0.364. The molecule has 0 aliphatic heterocycles. The third kappa shape index (κ3) is 5.81. The number of carbonyl (C=O) groups excluding carboxylic acids is 2. The third-order valence-electron chi connectivity index (χ3n) is 4.34. The summed E-state index contributed by atoms with van der Waals surface area (Å²) in [4.78, 5) is 29.0. The molecule has 0 aliphatic carbocycles. The van der Waals surface area contributed by atoms with E-state index < -0.39 is 0 Å². The van der Waals surface area contributed by atoms with Crippen LogP contribution in [0.15, 0.2) is 53.9 Å². The van der Waals surface area contributed by atoms with Crippen LogP contribution in [0.1, 0.15) is 32.8 Å². The van der Waals surface area contributed by atoms with Crippen LogP contribution in [-0.2, 0) is 6.42 Å². The zero-order chi connectivity index (χ0) is 21.3. The van der Waals surface area contributed by atoms with Gasteiger partial charge in [-0.3, -0.25) is 14.9 Å². The standard InChI is InChI=1S/C22H23N3O4S/c1-28-17-11-16(12-18(13-17)29-2)20(26)25-22-24-19(14-30-22)21(27)23-10-6-9-15-7-4-3-5-8-15/h3-5,7-8,11-14H,6,9-10H2,1-2H3,(H,23,27)(H,24,25,26). The van der Waals surface area contributed by atoms with Gasteiger partial charge >= 0.3 is 0 Å². The number of aromatic nitrogens is 1. The number of thiazole rings is 1. The van der Waals surface area contributed by atoms with Crippen LogP contribution in [0, 0.1) is 0 Å².